The van der Waals surface area contributed by atoms with Crippen molar-refractivity contribution in [2.24, 2.45) is 23.7 Å². The molecule has 0 saturated heterocycles. The van der Waals surface area contributed by atoms with Crippen molar-refractivity contribution in [3.63, 3.8) is 0 Å². The molecule has 254 valence electrons. The normalized spacial score (nSPS) is 19.5. The van der Waals surface area contributed by atoms with Crippen LogP contribution in [0, 0.1) is 30.6 Å². The Morgan fingerprint density at radius 2 is 1.50 bits per heavy atom. The van der Waals surface area contributed by atoms with Crippen molar-refractivity contribution >= 4 is 28.9 Å². The third-order valence-corrected chi connectivity index (χ3v) is 9.55. The zero-order valence-corrected chi connectivity index (χ0v) is 29.8. The molecule has 3 atom stereocenters. The summed E-state index contributed by atoms with van der Waals surface area (Å²) in [4.78, 5) is 64.8. The molecule has 0 bridgehead atoms. The second-order valence-corrected chi connectivity index (χ2v) is 13.6. The summed E-state index contributed by atoms with van der Waals surface area (Å²) in [6, 6.07) is 2.19. The average molecular weight is 633 g/mol. The number of aryl methyl sites for hydroxylation is 1. The van der Waals surface area contributed by atoms with E-state index in [2.05, 4.69) is 33.8 Å². The average Bonchev–Trinajstić information content (AvgIpc) is 3.06. The monoisotopic (exact) mass is 632 g/mol. The van der Waals surface area contributed by atoms with Crippen LogP contribution in [0.2, 0.25) is 0 Å². The number of rotatable bonds is 15. The van der Waals surface area contributed by atoms with Gasteiger partial charge in [0, 0.05) is 30.7 Å². The van der Waals surface area contributed by atoms with Crippen molar-refractivity contribution in [2.45, 2.75) is 145 Å². The van der Waals surface area contributed by atoms with Crippen LogP contribution >= 0.6 is 0 Å². The van der Waals surface area contributed by atoms with Crippen LogP contribution in [0.15, 0.2) is 30.4 Å². The van der Waals surface area contributed by atoms with Gasteiger partial charge in [-0.05, 0) is 86.5 Å². The Hall–Kier alpha value is -2.95. The molecular formula is C41H60O5. The molecule has 3 rings (SSSR count). The standard InChI is InChI=1S/C38H52O5.C3H8/c1-6-9-12-16-29-23-30(24-33-34(40)17-13-10-11-14-18-35(33)41)26(5)38-32(29)21-27(22-37(38)43)20-28(15-7-2)31(8-3)36(42)19-25(4)39;1-3-2/h10-11,13-14,23,27-28,31,33H,6-9,12,15-22,24H2,1-5H3;3H2,1-2H3/b13-10-,14-11-;. The quantitative estimate of drug-likeness (QED) is 0.142. The van der Waals surface area contributed by atoms with Crippen LogP contribution in [0.4, 0.5) is 0 Å². The summed E-state index contributed by atoms with van der Waals surface area (Å²) in [5, 5.41) is 0. The van der Waals surface area contributed by atoms with Crippen LogP contribution in [-0.4, -0.2) is 28.9 Å². The second-order valence-electron chi connectivity index (χ2n) is 13.6. The molecule has 0 fully saturated rings. The number of ketones is 5. The van der Waals surface area contributed by atoms with Crippen molar-refractivity contribution in [3.05, 3.63) is 58.2 Å². The molecule has 2 aliphatic carbocycles. The predicted molar refractivity (Wildman–Crippen MR) is 188 cm³/mol. The van der Waals surface area contributed by atoms with E-state index in [4.69, 9.17) is 0 Å². The molecule has 5 nitrogen and oxygen atoms in total. The molecule has 0 amide bonds. The molecule has 2 aliphatic rings. The highest BCUT2D eigenvalue weighted by molar-refractivity contribution is 6.04. The summed E-state index contributed by atoms with van der Waals surface area (Å²) in [6.07, 6.45) is 18.1. The van der Waals surface area contributed by atoms with Gasteiger partial charge < -0.3 is 0 Å². The molecule has 1 aromatic rings. The lowest BCUT2D eigenvalue weighted by Crippen LogP contribution is -2.31. The van der Waals surface area contributed by atoms with Crippen LogP contribution in [-0.2, 0) is 38.4 Å². The lowest BCUT2D eigenvalue weighted by molar-refractivity contribution is -0.132. The molecule has 1 aromatic carbocycles. The van der Waals surface area contributed by atoms with Crippen molar-refractivity contribution in [2.75, 3.05) is 0 Å². The second kappa shape index (κ2) is 20.3. The third kappa shape index (κ3) is 11.4. The number of benzene rings is 1. The Morgan fingerprint density at radius 1 is 0.870 bits per heavy atom. The van der Waals surface area contributed by atoms with Gasteiger partial charge in [-0.2, -0.15) is 0 Å². The minimum atomic E-state index is -0.701. The zero-order chi connectivity index (χ0) is 34.2. The Morgan fingerprint density at radius 3 is 2.04 bits per heavy atom. The van der Waals surface area contributed by atoms with E-state index in [1.165, 1.54) is 18.9 Å². The highest BCUT2D eigenvalue weighted by Gasteiger charge is 2.35. The van der Waals surface area contributed by atoms with Gasteiger partial charge >= 0.3 is 0 Å². The minimum absolute atomic E-state index is 0.00667. The summed E-state index contributed by atoms with van der Waals surface area (Å²) in [5.74, 6) is -0.574. The minimum Gasteiger partial charge on any atom is -0.300 e. The summed E-state index contributed by atoms with van der Waals surface area (Å²) >= 11 is 0. The number of fused-ring (bicyclic) bond motifs is 1. The van der Waals surface area contributed by atoms with E-state index in [-0.39, 0.29) is 65.9 Å². The van der Waals surface area contributed by atoms with E-state index in [1.54, 1.807) is 0 Å². The van der Waals surface area contributed by atoms with Gasteiger partial charge in [0.05, 0.1) is 12.3 Å². The van der Waals surface area contributed by atoms with Gasteiger partial charge in [-0.25, -0.2) is 0 Å². The van der Waals surface area contributed by atoms with Gasteiger partial charge in [-0.1, -0.05) is 97.1 Å². The van der Waals surface area contributed by atoms with E-state index in [0.717, 1.165) is 73.6 Å². The van der Waals surface area contributed by atoms with Gasteiger partial charge in [-0.15, -0.1) is 0 Å². The Kier molecular flexibility index (Phi) is 17.3. The van der Waals surface area contributed by atoms with Crippen LogP contribution in [0.3, 0.4) is 0 Å². The molecule has 0 spiro atoms. The van der Waals surface area contributed by atoms with Crippen LogP contribution in [0.5, 0.6) is 0 Å². The molecule has 5 heteroatoms. The van der Waals surface area contributed by atoms with Crippen LogP contribution < -0.4 is 0 Å². The first-order valence-electron chi connectivity index (χ1n) is 18.1. The summed E-state index contributed by atoms with van der Waals surface area (Å²) in [5.41, 5.74) is 4.97. The molecule has 0 N–H and O–H groups in total. The van der Waals surface area contributed by atoms with E-state index in [0.29, 0.717) is 19.3 Å². The van der Waals surface area contributed by atoms with E-state index >= 15 is 0 Å². The maximum absolute atomic E-state index is 13.9. The highest BCUT2D eigenvalue weighted by Crippen LogP contribution is 2.39. The van der Waals surface area contributed by atoms with Gasteiger partial charge in [0.1, 0.15) is 23.1 Å². The number of hydrogen-bond acceptors (Lipinski definition) is 5. The zero-order valence-electron chi connectivity index (χ0n) is 29.8. The molecule has 0 saturated carbocycles. The lowest BCUT2D eigenvalue weighted by Gasteiger charge is -2.33. The predicted octanol–water partition coefficient (Wildman–Crippen LogP) is 9.47. The van der Waals surface area contributed by atoms with Crippen molar-refractivity contribution in [1.82, 2.24) is 0 Å². The molecule has 46 heavy (non-hydrogen) atoms. The molecule has 0 radical (unpaired) electrons. The van der Waals surface area contributed by atoms with Gasteiger partial charge in [0.2, 0.25) is 0 Å². The fourth-order valence-electron chi connectivity index (χ4n) is 7.38. The maximum Gasteiger partial charge on any atom is 0.163 e. The van der Waals surface area contributed by atoms with Crippen LogP contribution in [0.25, 0.3) is 0 Å². The highest BCUT2D eigenvalue weighted by atomic mass is 16.2. The molecule has 0 heterocycles. The SMILES string of the molecule is CCC.CCCCCc1cc(CC2C(=O)C/C=C\C=C/CC2=O)c(C)c2c1CC(CC(CCC)C(CC)C(=O)CC(C)=O)CC2=O. The van der Waals surface area contributed by atoms with Crippen molar-refractivity contribution < 1.29 is 24.0 Å². The van der Waals surface area contributed by atoms with E-state index < -0.39 is 5.92 Å². The lowest BCUT2D eigenvalue weighted by atomic mass is 9.70. The topological polar surface area (TPSA) is 85.3 Å². The number of hydrogen-bond donors (Lipinski definition) is 0. The first-order valence-corrected chi connectivity index (χ1v) is 18.1. The third-order valence-electron chi connectivity index (χ3n) is 9.55. The number of unbranched alkanes of at least 4 members (excludes halogenated alkanes) is 2. The fraction of sp³-hybridized carbons (Fsp3) is 0.634. The van der Waals surface area contributed by atoms with E-state index in [1.807, 2.05) is 38.2 Å². The Labute approximate surface area is 279 Å². The number of carbonyl (C=O) groups is 5. The van der Waals surface area contributed by atoms with Crippen molar-refractivity contribution in [3.8, 4) is 0 Å². The van der Waals surface area contributed by atoms with Gasteiger partial charge in [-0.3, -0.25) is 24.0 Å². The van der Waals surface area contributed by atoms with E-state index in [9.17, 15) is 24.0 Å². The largest absolute Gasteiger partial charge is 0.300 e. The summed E-state index contributed by atoms with van der Waals surface area (Å²) in [7, 11) is 0. The summed E-state index contributed by atoms with van der Waals surface area (Å²) < 4.78 is 0. The summed E-state index contributed by atoms with van der Waals surface area (Å²) in [6.45, 7) is 14.1. The Bertz CT molecular complexity index is 1240. The molecule has 0 aromatic heterocycles. The molecular weight excluding hydrogens is 572 g/mol. The van der Waals surface area contributed by atoms with Crippen molar-refractivity contribution in [1.29, 1.82) is 0 Å². The number of Topliss-reactive ketones (excluding diaryl/α,β-unsaturated/α-hetero) is 5. The first kappa shape index (κ1) is 39.2. The van der Waals surface area contributed by atoms with Crippen LogP contribution in [0.1, 0.15) is 151 Å². The smallest absolute Gasteiger partial charge is 0.163 e. The molecule has 0 aliphatic heterocycles. The maximum atomic E-state index is 13.9. The Balaban J connectivity index is 0.00000236. The first-order chi connectivity index (χ1) is 22.0. The van der Waals surface area contributed by atoms with Gasteiger partial charge in [0.15, 0.2) is 5.78 Å². The number of allylic oxidation sites excluding steroid dienone is 4. The number of carbonyl (C=O) groups excluding carboxylic acids is 5. The fourth-order valence-corrected chi connectivity index (χ4v) is 7.38. The van der Waals surface area contributed by atoms with Gasteiger partial charge in [0.25, 0.3) is 0 Å². The molecule has 3 unspecified atom stereocenters.